The first-order valence-corrected chi connectivity index (χ1v) is 8.13. The van der Waals surface area contributed by atoms with Gasteiger partial charge in [0.05, 0.1) is 11.1 Å². The molecule has 21 heavy (non-hydrogen) atoms. The van der Waals surface area contributed by atoms with E-state index in [2.05, 4.69) is 24.5 Å². The van der Waals surface area contributed by atoms with Gasteiger partial charge in [0.2, 0.25) is 0 Å². The van der Waals surface area contributed by atoms with Crippen molar-refractivity contribution in [3.63, 3.8) is 0 Å². The van der Waals surface area contributed by atoms with Crippen molar-refractivity contribution in [2.75, 3.05) is 5.75 Å². The standard InChI is InChI=1S/C16H18ClFN2S/c1-2-21-13-8-6-11(7-9-13)15(20-19)10-12-4-3-5-14(18)16(12)17/h3-9,15,20H,2,10,19H2,1H3. The van der Waals surface area contributed by atoms with Crippen LogP contribution < -0.4 is 11.3 Å². The summed E-state index contributed by atoms with van der Waals surface area (Å²) in [7, 11) is 0. The predicted molar refractivity (Wildman–Crippen MR) is 88.0 cm³/mol. The smallest absolute Gasteiger partial charge is 0.142 e. The lowest BCUT2D eigenvalue weighted by Crippen LogP contribution is -2.29. The van der Waals surface area contributed by atoms with Gasteiger partial charge in [0, 0.05) is 4.90 Å². The number of nitrogens with two attached hydrogens (primary N) is 1. The van der Waals surface area contributed by atoms with E-state index in [1.165, 1.54) is 11.0 Å². The second kappa shape index (κ2) is 7.80. The van der Waals surface area contributed by atoms with E-state index in [-0.39, 0.29) is 11.1 Å². The van der Waals surface area contributed by atoms with Crippen LogP contribution in [0.4, 0.5) is 4.39 Å². The lowest BCUT2D eigenvalue weighted by molar-refractivity contribution is 0.548. The molecule has 0 spiro atoms. The lowest BCUT2D eigenvalue weighted by atomic mass is 9.99. The third-order valence-electron chi connectivity index (χ3n) is 3.25. The molecule has 2 rings (SSSR count). The average Bonchev–Trinajstić information content (AvgIpc) is 2.50. The number of hydrogen-bond donors (Lipinski definition) is 2. The van der Waals surface area contributed by atoms with E-state index >= 15 is 0 Å². The van der Waals surface area contributed by atoms with Gasteiger partial charge in [-0.1, -0.05) is 42.8 Å². The van der Waals surface area contributed by atoms with Crippen LogP contribution in [0.5, 0.6) is 0 Å². The van der Waals surface area contributed by atoms with E-state index in [0.717, 1.165) is 16.9 Å². The Hall–Kier alpha value is -1.07. The molecule has 0 radical (unpaired) electrons. The fraction of sp³-hybridized carbons (Fsp3) is 0.250. The minimum absolute atomic E-state index is 0.107. The minimum atomic E-state index is -0.403. The van der Waals surface area contributed by atoms with Crippen LogP contribution in [-0.4, -0.2) is 5.75 Å². The number of hydrazine groups is 1. The van der Waals surface area contributed by atoms with Crippen molar-refractivity contribution in [1.29, 1.82) is 0 Å². The summed E-state index contributed by atoms with van der Waals surface area (Å²) in [5.74, 6) is 6.28. The number of nitrogens with one attached hydrogen (secondary N) is 1. The van der Waals surface area contributed by atoms with Gasteiger partial charge in [-0.15, -0.1) is 11.8 Å². The molecule has 0 aliphatic carbocycles. The maximum atomic E-state index is 13.5. The Morgan fingerprint density at radius 2 is 1.95 bits per heavy atom. The Morgan fingerprint density at radius 3 is 2.57 bits per heavy atom. The second-order valence-corrected chi connectivity index (χ2v) is 6.35. The van der Waals surface area contributed by atoms with E-state index in [1.807, 2.05) is 18.2 Å². The number of thioether (sulfide) groups is 1. The van der Waals surface area contributed by atoms with Crippen LogP contribution in [0.25, 0.3) is 0 Å². The van der Waals surface area contributed by atoms with Crippen LogP contribution in [0.15, 0.2) is 47.4 Å². The Kier molecular flexibility index (Phi) is 6.06. The van der Waals surface area contributed by atoms with E-state index < -0.39 is 5.82 Å². The van der Waals surface area contributed by atoms with Crippen LogP contribution >= 0.6 is 23.4 Å². The maximum absolute atomic E-state index is 13.5. The van der Waals surface area contributed by atoms with Crippen molar-refractivity contribution in [2.45, 2.75) is 24.3 Å². The molecule has 5 heteroatoms. The van der Waals surface area contributed by atoms with Gasteiger partial charge in [0.25, 0.3) is 0 Å². The SMILES string of the molecule is CCSc1ccc(C(Cc2cccc(F)c2Cl)NN)cc1. The zero-order valence-corrected chi connectivity index (χ0v) is 13.3. The molecule has 0 aromatic heterocycles. The van der Waals surface area contributed by atoms with Gasteiger partial charge in [-0.25, -0.2) is 4.39 Å². The van der Waals surface area contributed by atoms with Crippen molar-refractivity contribution in [1.82, 2.24) is 5.43 Å². The van der Waals surface area contributed by atoms with Crippen molar-refractivity contribution in [2.24, 2.45) is 5.84 Å². The number of hydrogen-bond acceptors (Lipinski definition) is 3. The normalized spacial score (nSPS) is 12.4. The summed E-state index contributed by atoms with van der Waals surface area (Å²) >= 11 is 7.79. The summed E-state index contributed by atoms with van der Waals surface area (Å²) in [5, 5.41) is 0.163. The summed E-state index contributed by atoms with van der Waals surface area (Å²) in [5.41, 5.74) is 4.57. The first-order valence-electron chi connectivity index (χ1n) is 6.77. The minimum Gasteiger partial charge on any atom is -0.271 e. The van der Waals surface area contributed by atoms with Gasteiger partial charge in [0.1, 0.15) is 5.82 Å². The Balaban J connectivity index is 2.17. The molecule has 0 fully saturated rings. The Bertz CT molecular complexity index is 589. The van der Waals surface area contributed by atoms with E-state index in [9.17, 15) is 4.39 Å². The number of benzene rings is 2. The zero-order valence-electron chi connectivity index (χ0n) is 11.8. The van der Waals surface area contributed by atoms with E-state index in [1.54, 1.807) is 17.8 Å². The summed E-state index contributed by atoms with van der Waals surface area (Å²) < 4.78 is 13.5. The molecule has 112 valence electrons. The van der Waals surface area contributed by atoms with Crippen molar-refractivity contribution in [3.05, 3.63) is 64.4 Å². The van der Waals surface area contributed by atoms with Gasteiger partial charge in [-0.05, 0) is 41.5 Å². The Labute approximate surface area is 133 Å². The van der Waals surface area contributed by atoms with Crippen LogP contribution in [0.2, 0.25) is 5.02 Å². The fourth-order valence-corrected chi connectivity index (χ4v) is 3.03. The van der Waals surface area contributed by atoms with E-state index in [0.29, 0.717) is 6.42 Å². The van der Waals surface area contributed by atoms with Gasteiger partial charge < -0.3 is 0 Å². The maximum Gasteiger partial charge on any atom is 0.142 e. The van der Waals surface area contributed by atoms with Crippen LogP contribution in [0.3, 0.4) is 0 Å². The molecule has 2 aromatic rings. The topological polar surface area (TPSA) is 38.0 Å². The number of halogens is 2. The molecule has 0 saturated heterocycles. The van der Waals surface area contributed by atoms with Crippen molar-refractivity contribution < 1.29 is 4.39 Å². The molecule has 0 aliphatic rings. The molecule has 2 aromatic carbocycles. The van der Waals surface area contributed by atoms with Crippen LogP contribution in [0, 0.1) is 5.82 Å². The molecular weight excluding hydrogens is 307 g/mol. The second-order valence-electron chi connectivity index (χ2n) is 4.64. The molecule has 0 bridgehead atoms. The molecule has 3 N–H and O–H groups in total. The highest BCUT2D eigenvalue weighted by atomic mass is 35.5. The molecule has 0 saturated carbocycles. The van der Waals surface area contributed by atoms with Crippen LogP contribution in [0.1, 0.15) is 24.1 Å². The molecule has 0 heterocycles. The third kappa shape index (κ3) is 4.20. The first-order chi connectivity index (χ1) is 10.2. The van der Waals surface area contributed by atoms with Gasteiger partial charge in [-0.3, -0.25) is 11.3 Å². The van der Waals surface area contributed by atoms with Gasteiger partial charge in [-0.2, -0.15) is 0 Å². The summed E-state index contributed by atoms with van der Waals surface area (Å²) in [6.07, 6.45) is 0.535. The zero-order chi connectivity index (χ0) is 15.2. The van der Waals surface area contributed by atoms with Crippen LogP contribution in [-0.2, 0) is 6.42 Å². The fourth-order valence-electron chi connectivity index (χ4n) is 2.16. The molecule has 0 aliphatic heterocycles. The molecule has 1 atom stereocenters. The predicted octanol–water partition coefficient (Wildman–Crippen LogP) is 4.34. The van der Waals surface area contributed by atoms with Crippen molar-refractivity contribution in [3.8, 4) is 0 Å². The van der Waals surface area contributed by atoms with Gasteiger partial charge in [0.15, 0.2) is 0 Å². The summed E-state index contributed by atoms with van der Waals surface area (Å²) in [6, 6.07) is 12.9. The average molecular weight is 325 g/mol. The summed E-state index contributed by atoms with van der Waals surface area (Å²) in [6.45, 7) is 2.12. The highest BCUT2D eigenvalue weighted by molar-refractivity contribution is 7.99. The molecule has 2 nitrogen and oxygen atoms in total. The molecular formula is C16H18ClFN2S. The van der Waals surface area contributed by atoms with Crippen molar-refractivity contribution >= 4 is 23.4 Å². The highest BCUT2D eigenvalue weighted by Gasteiger charge is 2.14. The quantitative estimate of drug-likeness (QED) is 0.471. The highest BCUT2D eigenvalue weighted by Crippen LogP contribution is 2.26. The lowest BCUT2D eigenvalue weighted by Gasteiger charge is -2.17. The largest absolute Gasteiger partial charge is 0.271 e. The first kappa shape index (κ1) is 16.3. The summed E-state index contributed by atoms with van der Waals surface area (Å²) in [4.78, 5) is 1.22. The van der Waals surface area contributed by atoms with E-state index in [4.69, 9.17) is 17.4 Å². The molecule has 0 amide bonds. The van der Waals surface area contributed by atoms with Gasteiger partial charge >= 0.3 is 0 Å². The monoisotopic (exact) mass is 324 g/mol. The Morgan fingerprint density at radius 1 is 1.24 bits per heavy atom. The number of rotatable bonds is 6. The third-order valence-corrected chi connectivity index (χ3v) is 4.57. The molecule has 1 unspecified atom stereocenters.